The van der Waals surface area contributed by atoms with Gasteiger partial charge in [-0.05, 0) is 34.7 Å². The molecule has 72 valence electrons. The Labute approximate surface area is 101 Å². The minimum Gasteiger partial charge on any atom is -0.294 e. The summed E-state index contributed by atoms with van der Waals surface area (Å²) in [6.45, 7) is 0. The molecule has 1 aromatic carbocycles. The summed E-state index contributed by atoms with van der Waals surface area (Å²) in [5.41, 5.74) is 1.21. The second-order valence-electron chi connectivity index (χ2n) is 2.67. The maximum absolute atomic E-state index is 11.4. The summed E-state index contributed by atoms with van der Waals surface area (Å²) in [6.07, 6.45) is 0.337. The van der Waals surface area contributed by atoms with Gasteiger partial charge < -0.3 is 0 Å². The first-order chi connectivity index (χ1) is 6.69. The summed E-state index contributed by atoms with van der Waals surface area (Å²) < 4.78 is 0.797. The largest absolute Gasteiger partial charge is 0.294 e. The molecule has 0 aliphatic heterocycles. The van der Waals surface area contributed by atoms with Crippen LogP contribution in [0.25, 0.3) is 0 Å². The molecule has 0 unspecified atom stereocenters. The number of nitrogens with zero attached hydrogens (tertiary/aromatic N) is 1. The summed E-state index contributed by atoms with van der Waals surface area (Å²) in [5, 5.41) is 8.69. The van der Waals surface area contributed by atoms with Crippen LogP contribution in [0.15, 0.2) is 18.2 Å². The number of benzene rings is 1. The molecule has 0 fully saturated rings. The van der Waals surface area contributed by atoms with E-state index in [0.29, 0.717) is 23.4 Å². The van der Waals surface area contributed by atoms with Gasteiger partial charge in [0.25, 0.3) is 0 Å². The maximum atomic E-state index is 11.4. The van der Waals surface area contributed by atoms with E-state index in [0.717, 1.165) is 3.57 Å². The van der Waals surface area contributed by atoms with Gasteiger partial charge in [0.2, 0.25) is 0 Å². The molecule has 0 aliphatic rings. The lowest BCUT2D eigenvalue weighted by Crippen LogP contribution is -2.00. The quantitative estimate of drug-likeness (QED) is 0.488. The highest BCUT2D eigenvalue weighted by atomic mass is 127. The van der Waals surface area contributed by atoms with Gasteiger partial charge in [0.05, 0.1) is 5.56 Å². The van der Waals surface area contributed by atoms with Crippen molar-refractivity contribution in [1.82, 2.24) is 0 Å². The van der Waals surface area contributed by atoms with Gasteiger partial charge in [-0.2, -0.15) is 5.26 Å². The zero-order chi connectivity index (χ0) is 10.6. The molecule has 0 radical (unpaired) electrons. The van der Waals surface area contributed by atoms with Crippen molar-refractivity contribution in [3.63, 3.8) is 0 Å². The maximum Gasteiger partial charge on any atom is 0.164 e. The third-order valence-electron chi connectivity index (χ3n) is 1.73. The molecular weight excluding hydrogens is 312 g/mol. The van der Waals surface area contributed by atoms with Crippen LogP contribution in [0.3, 0.4) is 0 Å². The van der Waals surface area contributed by atoms with Crippen molar-refractivity contribution in [2.75, 3.05) is 5.88 Å². The Morgan fingerprint density at radius 2 is 2.29 bits per heavy atom. The number of ketones is 1. The number of carbonyl (C=O) groups is 1. The van der Waals surface area contributed by atoms with Gasteiger partial charge in [-0.1, -0.05) is 6.07 Å². The van der Waals surface area contributed by atoms with Crippen LogP contribution in [-0.4, -0.2) is 11.7 Å². The van der Waals surface area contributed by atoms with Crippen LogP contribution >= 0.6 is 34.2 Å². The molecule has 0 aliphatic carbocycles. The number of carbonyl (C=O) groups excluding carboxylic acids is 1. The van der Waals surface area contributed by atoms with E-state index >= 15 is 0 Å². The molecule has 2 nitrogen and oxygen atoms in total. The SMILES string of the molecule is N#Cc1ccc(C(=O)CCCl)cc1I. The monoisotopic (exact) mass is 319 g/mol. The van der Waals surface area contributed by atoms with Gasteiger partial charge in [0, 0.05) is 21.4 Å². The summed E-state index contributed by atoms with van der Waals surface area (Å²) in [7, 11) is 0. The van der Waals surface area contributed by atoms with E-state index in [9.17, 15) is 4.79 Å². The summed E-state index contributed by atoms with van der Waals surface area (Å²) >= 11 is 7.51. The third kappa shape index (κ3) is 2.69. The molecular formula is C10H7ClINO. The standard InChI is InChI=1S/C10H7ClINO/c11-4-3-10(14)7-1-2-8(6-13)9(12)5-7/h1-2,5H,3-4H2. The zero-order valence-electron chi connectivity index (χ0n) is 7.26. The van der Waals surface area contributed by atoms with Crippen molar-refractivity contribution in [1.29, 1.82) is 5.26 Å². The minimum absolute atomic E-state index is 0.0161. The second-order valence-corrected chi connectivity index (χ2v) is 4.21. The number of halogens is 2. The van der Waals surface area contributed by atoms with Gasteiger partial charge in [0.1, 0.15) is 6.07 Å². The van der Waals surface area contributed by atoms with Crippen LogP contribution in [-0.2, 0) is 0 Å². The lowest BCUT2D eigenvalue weighted by molar-refractivity contribution is 0.0989. The Morgan fingerprint density at radius 1 is 1.57 bits per heavy atom. The molecule has 14 heavy (non-hydrogen) atoms. The predicted octanol–water partition coefficient (Wildman–Crippen LogP) is 2.97. The van der Waals surface area contributed by atoms with Gasteiger partial charge >= 0.3 is 0 Å². The molecule has 0 atom stereocenters. The summed E-state index contributed by atoms with van der Waals surface area (Å²) in [4.78, 5) is 11.4. The zero-order valence-corrected chi connectivity index (χ0v) is 10.2. The van der Waals surface area contributed by atoms with E-state index in [-0.39, 0.29) is 5.78 Å². The van der Waals surface area contributed by atoms with Gasteiger partial charge in [-0.3, -0.25) is 4.79 Å². The van der Waals surface area contributed by atoms with Crippen LogP contribution in [0, 0.1) is 14.9 Å². The molecule has 0 aromatic heterocycles. The molecule has 4 heteroatoms. The number of alkyl halides is 1. The molecule has 0 heterocycles. The molecule has 0 saturated carbocycles. The Bertz CT molecular complexity index is 398. The van der Waals surface area contributed by atoms with Crippen LogP contribution < -0.4 is 0 Å². The smallest absolute Gasteiger partial charge is 0.164 e. The van der Waals surface area contributed by atoms with E-state index in [4.69, 9.17) is 16.9 Å². The van der Waals surface area contributed by atoms with Crippen LogP contribution in [0.5, 0.6) is 0 Å². The molecule has 0 bridgehead atoms. The third-order valence-corrected chi connectivity index (χ3v) is 2.81. The van der Waals surface area contributed by atoms with Gasteiger partial charge in [-0.25, -0.2) is 0 Å². The molecule has 0 N–H and O–H groups in total. The number of Topliss-reactive ketones (excluding diaryl/α,β-unsaturated/α-hetero) is 1. The second kappa shape index (κ2) is 5.32. The Morgan fingerprint density at radius 3 is 2.79 bits per heavy atom. The molecule has 0 saturated heterocycles. The average Bonchev–Trinajstić information content (AvgIpc) is 2.18. The van der Waals surface area contributed by atoms with Crippen molar-refractivity contribution >= 4 is 40.0 Å². The predicted molar refractivity (Wildman–Crippen MR) is 63.5 cm³/mol. The van der Waals surface area contributed by atoms with Crippen molar-refractivity contribution in [3.8, 4) is 6.07 Å². The fourth-order valence-corrected chi connectivity index (χ4v) is 1.82. The number of nitriles is 1. The first-order valence-corrected chi connectivity index (χ1v) is 5.59. The summed E-state index contributed by atoms with van der Waals surface area (Å²) in [6, 6.07) is 7.08. The van der Waals surface area contributed by atoms with E-state index in [1.54, 1.807) is 18.2 Å². The highest BCUT2D eigenvalue weighted by Crippen LogP contribution is 2.15. The first kappa shape index (κ1) is 11.5. The topological polar surface area (TPSA) is 40.9 Å². The van der Waals surface area contributed by atoms with Crippen molar-refractivity contribution in [2.24, 2.45) is 0 Å². The van der Waals surface area contributed by atoms with Crippen molar-refractivity contribution < 1.29 is 4.79 Å². The number of hydrogen-bond donors (Lipinski definition) is 0. The molecule has 0 amide bonds. The molecule has 1 aromatic rings. The van der Waals surface area contributed by atoms with Crippen LogP contribution in [0.4, 0.5) is 0 Å². The van der Waals surface area contributed by atoms with E-state index in [1.165, 1.54) is 0 Å². The Balaban J connectivity index is 2.98. The van der Waals surface area contributed by atoms with E-state index < -0.39 is 0 Å². The van der Waals surface area contributed by atoms with Crippen molar-refractivity contribution in [3.05, 3.63) is 32.9 Å². The Kier molecular flexibility index (Phi) is 4.36. The highest BCUT2D eigenvalue weighted by molar-refractivity contribution is 14.1. The fourth-order valence-electron chi connectivity index (χ4n) is 1.01. The first-order valence-electron chi connectivity index (χ1n) is 3.98. The average molecular weight is 320 g/mol. The lowest BCUT2D eigenvalue weighted by Gasteiger charge is -2.00. The van der Waals surface area contributed by atoms with Gasteiger partial charge in [0.15, 0.2) is 5.78 Å². The normalized spacial score (nSPS) is 9.50. The number of hydrogen-bond acceptors (Lipinski definition) is 2. The summed E-state index contributed by atoms with van der Waals surface area (Å²) in [5.74, 6) is 0.345. The minimum atomic E-state index is 0.0161. The van der Waals surface area contributed by atoms with Gasteiger partial charge in [-0.15, -0.1) is 11.6 Å². The van der Waals surface area contributed by atoms with E-state index in [2.05, 4.69) is 0 Å². The van der Waals surface area contributed by atoms with Crippen LogP contribution in [0.1, 0.15) is 22.3 Å². The Hall–Kier alpha value is -0.600. The molecule has 0 spiro atoms. The lowest BCUT2D eigenvalue weighted by atomic mass is 10.1. The fraction of sp³-hybridized carbons (Fsp3) is 0.200. The highest BCUT2D eigenvalue weighted by Gasteiger charge is 2.07. The van der Waals surface area contributed by atoms with Crippen LogP contribution in [0.2, 0.25) is 0 Å². The molecule has 1 rings (SSSR count). The number of rotatable bonds is 3. The van der Waals surface area contributed by atoms with E-state index in [1.807, 2.05) is 28.7 Å². The van der Waals surface area contributed by atoms with Crippen molar-refractivity contribution in [2.45, 2.75) is 6.42 Å².